The third kappa shape index (κ3) is 14.0. The quantitative estimate of drug-likeness (QED) is 0.0727. The molecule has 1 aliphatic heterocycles. The summed E-state index contributed by atoms with van der Waals surface area (Å²) in [5.41, 5.74) is 1.40. The van der Waals surface area contributed by atoms with Gasteiger partial charge in [-0.25, -0.2) is 0 Å². The normalized spacial score (nSPS) is 13.6. The molecular weight excluding hydrogens is 688 g/mol. The van der Waals surface area contributed by atoms with Crippen molar-refractivity contribution in [2.45, 2.75) is 50.2 Å². The number of hydrogen-bond donors (Lipinski definition) is 7. The number of nitrogens with zero attached hydrogens (tertiary/aromatic N) is 1. The molecule has 2 aromatic rings. The molecule has 3 rings (SSSR count). The zero-order valence-corrected chi connectivity index (χ0v) is 29.4. The van der Waals surface area contributed by atoms with Gasteiger partial charge in [-0.05, 0) is 17.5 Å². The zero-order chi connectivity index (χ0) is 38.8. The Hall–Kier alpha value is -6.39. The fourth-order valence-electron chi connectivity index (χ4n) is 5.09. The first-order valence-electron chi connectivity index (χ1n) is 16.9. The summed E-state index contributed by atoms with van der Waals surface area (Å²) in [4.78, 5) is 115. The van der Waals surface area contributed by atoms with Gasteiger partial charge in [-0.2, -0.15) is 0 Å². The Morgan fingerprint density at radius 1 is 0.547 bits per heavy atom. The number of likely N-dealkylation sites (N-methyl/N-ethyl adjacent to an activating group) is 2. The van der Waals surface area contributed by atoms with Gasteiger partial charge in [-0.15, -0.1) is 0 Å². The van der Waals surface area contributed by atoms with Gasteiger partial charge in [0.25, 0.3) is 11.8 Å². The van der Waals surface area contributed by atoms with Gasteiger partial charge in [-0.3, -0.25) is 48.1 Å². The summed E-state index contributed by atoms with van der Waals surface area (Å²) in [6, 6.07) is 13.9. The van der Waals surface area contributed by atoms with Crippen molar-refractivity contribution < 1.29 is 43.2 Å². The van der Waals surface area contributed by atoms with Crippen molar-refractivity contribution in [3.63, 3.8) is 0 Å². The first kappa shape index (κ1) is 41.0. The lowest BCUT2D eigenvalue weighted by Gasteiger charge is -2.24. The standard InChI is InChI=1S/C36H44N8O9/c1-37-30(47)21-39-34(51)26(19-23-9-5-3-6-10-23)42-28(45)14-13-25(41-29(46)17-18-44-32(49)15-16-33(44)50)36(53)43-27(20-24-11-7-4-8-12-24)35(52)40-22-31(48)38-2/h3-12,15-16,25-27H,13-14,17-22H2,1-2H3,(H,37,47)(H,38,48)(H,39,51)(H,40,52)(H,41,46)(H,42,45)(H,43,53). The molecule has 0 aromatic heterocycles. The van der Waals surface area contributed by atoms with Gasteiger partial charge in [-0.1, -0.05) is 60.7 Å². The lowest BCUT2D eigenvalue weighted by molar-refractivity contribution is -0.138. The predicted molar refractivity (Wildman–Crippen MR) is 190 cm³/mol. The van der Waals surface area contributed by atoms with Crippen molar-refractivity contribution in [3.8, 4) is 0 Å². The number of rotatable bonds is 20. The fraction of sp³-hybridized carbons (Fsp3) is 0.361. The van der Waals surface area contributed by atoms with E-state index in [0.29, 0.717) is 5.56 Å². The van der Waals surface area contributed by atoms with Crippen molar-refractivity contribution in [2.75, 3.05) is 33.7 Å². The van der Waals surface area contributed by atoms with Crippen molar-refractivity contribution in [1.82, 2.24) is 42.1 Å². The van der Waals surface area contributed by atoms with Crippen LogP contribution in [0.5, 0.6) is 0 Å². The van der Waals surface area contributed by atoms with Crippen LogP contribution in [0.3, 0.4) is 0 Å². The minimum Gasteiger partial charge on any atom is -0.358 e. The SMILES string of the molecule is CNC(=O)CNC(=O)C(Cc1ccccc1)NC(=O)CCC(NC(=O)CCN1C(=O)C=CC1=O)C(=O)NC(Cc1ccccc1)C(=O)NCC(=O)NC. The van der Waals surface area contributed by atoms with Crippen molar-refractivity contribution >= 4 is 53.2 Å². The van der Waals surface area contributed by atoms with Crippen molar-refractivity contribution in [2.24, 2.45) is 0 Å². The molecule has 3 unspecified atom stereocenters. The van der Waals surface area contributed by atoms with Crippen LogP contribution in [0.25, 0.3) is 0 Å². The van der Waals surface area contributed by atoms with Gasteiger partial charge >= 0.3 is 0 Å². The van der Waals surface area contributed by atoms with Crippen LogP contribution in [0.4, 0.5) is 0 Å². The van der Waals surface area contributed by atoms with Crippen LogP contribution >= 0.6 is 0 Å². The van der Waals surface area contributed by atoms with Crippen LogP contribution in [-0.4, -0.2) is 110 Å². The molecule has 0 spiro atoms. The topological polar surface area (TPSA) is 241 Å². The Bertz CT molecular complexity index is 1670. The number of amides is 9. The third-order valence-corrected chi connectivity index (χ3v) is 8.03. The van der Waals surface area contributed by atoms with E-state index >= 15 is 0 Å². The average molecular weight is 733 g/mol. The molecule has 2 aromatic carbocycles. The second-order valence-corrected chi connectivity index (χ2v) is 11.9. The largest absolute Gasteiger partial charge is 0.358 e. The van der Waals surface area contributed by atoms with Crippen LogP contribution in [-0.2, 0) is 56.0 Å². The van der Waals surface area contributed by atoms with Gasteiger partial charge in [0.05, 0.1) is 13.1 Å². The molecule has 7 N–H and O–H groups in total. The predicted octanol–water partition coefficient (Wildman–Crippen LogP) is -2.25. The number of benzene rings is 2. The van der Waals surface area contributed by atoms with Crippen molar-refractivity contribution in [1.29, 1.82) is 0 Å². The Labute approximate surface area is 306 Å². The molecule has 0 saturated heterocycles. The summed E-state index contributed by atoms with van der Waals surface area (Å²) in [5.74, 6) is -5.63. The summed E-state index contributed by atoms with van der Waals surface area (Å²) in [6.07, 6.45) is 1.23. The molecule has 0 aliphatic carbocycles. The number of carbonyl (C=O) groups is 9. The molecule has 0 fully saturated rings. The van der Waals surface area contributed by atoms with E-state index in [2.05, 4.69) is 37.2 Å². The lowest BCUT2D eigenvalue weighted by Crippen LogP contribution is -2.55. The van der Waals surface area contributed by atoms with E-state index in [1.54, 1.807) is 60.7 Å². The number of imide groups is 1. The third-order valence-electron chi connectivity index (χ3n) is 8.03. The van der Waals surface area contributed by atoms with Gasteiger partial charge in [0.1, 0.15) is 18.1 Å². The van der Waals surface area contributed by atoms with E-state index in [9.17, 15) is 43.2 Å². The van der Waals surface area contributed by atoms with E-state index < -0.39 is 71.3 Å². The highest BCUT2D eigenvalue weighted by atomic mass is 16.2. The lowest BCUT2D eigenvalue weighted by atomic mass is 10.0. The molecule has 1 heterocycles. The van der Waals surface area contributed by atoms with Gasteiger partial charge in [0, 0.05) is 58.5 Å². The first-order chi connectivity index (χ1) is 25.4. The van der Waals surface area contributed by atoms with Crippen LogP contribution in [0.1, 0.15) is 30.4 Å². The molecule has 53 heavy (non-hydrogen) atoms. The Morgan fingerprint density at radius 3 is 1.45 bits per heavy atom. The van der Waals surface area contributed by atoms with Crippen LogP contribution in [0.2, 0.25) is 0 Å². The molecule has 1 aliphatic rings. The van der Waals surface area contributed by atoms with E-state index in [1.165, 1.54) is 14.1 Å². The second-order valence-electron chi connectivity index (χ2n) is 11.9. The zero-order valence-electron chi connectivity index (χ0n) is 29.4. The highest BCUT2D eigenvalue weighted by Gasteiger charge is 2.30. The molecule has 9 amide bonds. The molecule has 17 heteroatoms. The molecule has 3 atom stereocenters. The smallest absolute Gasteiger partial charge is 0.253 e. The Kier molecular flexibility index (Phi) is 16.3. The van der Waals surface area contributed by atoms with E-state index in [-0.39, 0.29) is 51.7 Å². The minimum atomic E-state index is -1.39. The maximum atomic E-state index is 13.8. The van der Waals surface area contributed by atoms with Gasteiger partial charge < -0.3 is 37.2 Å². The minimum absolute atomic E-state index is 0.0197. The Balaban J connectivity index is 1.77. The Morgan fingerprint density at radius 2 is 0.981 bits per heavy atom. The molecular formula is C36H44N8O9. The van der Waals surface area contributed by atoms with E-state index in [4.69, 9.17) is 0 Å². The van der Waals surface area contributed by atoms with E-state index in [0.717, 1.165) is 22.6 Å². The number of carbonyl (C=O) groups excluding carboxylic acids is 9. The summed E-state index contributed by atoms with van der Waals surface area (Å²) >= 11 is 0. The molecule has 0 saturated carbocycles. The van der Waals surface area contributed by atoms with E-state index in [1.807, 2.05) is 0 Å². The van der Waals surface area contributed by atoms with Crippen LogP contribution < -0.4 is 37.2 Å². The molecule has 0 radical (unpaired) electrons. The summed E-state index contributed by atoms with van der Waals surface area (Å²) in [6.45, 7) is -0.951. The number of nitrogens with one attached hydrogen (secondary N) is 7. The average Bonchev–Trinajstić information content (AvgIpc) is 3.49. The highest BCUT2D eigenvalue weighted by molar-refractivity contribution is 6.13. The second kappa shape index (κ2) is 21.1. The maximum absolute atomic E-state index is 13.8. The monoisotopic (exact) mass is 732 g/mol. The fourth-order valence-corrected chi connectivity index (χ4v) is 5.09. The van der Waals surface area contributed by atoms with Gasteiger partial charge in [0.2, 0.25) is 41.4 Å². The van der Waals surface area contributed by atoms with Crippen LogP contribution in [0.15, 0.2) is 72.8 Å². The summed E-state index contributed by atoms with van der Waals surface area (Å²) < 4.78 is 0. The summed E-state index contributed by atoms with van der Waals surface area (Å²) in [7, 11) is 2.81. The van der Waals surface area contributed by atoms with Gasteiger partial charge in [0.15, 0.2) is 0 Å². The molecule has 17 nitrogen and oxygen atoms in total. The van der Waals surface area contributed by atoms with Crippen molar-refractivity contribution in [3.05, 3.63) is 83.9 Å². The highest BCUT2D eigenvalue weighted by Crippen LogP contribution is 2.09. The summed E-state index contributed by atoms with van der Waals surface area (Å²) in [5, 5.41) is 17.5. The molecule has 282 valence electrons. The maximum Gasteiger partial charge on any atom is 0.253 e. The molecule has 0 bridgehead atoms. The first-order valence-corrected chi connectivity index (χ1v) is 16.9. The van der Waals surface area contributed by atoms with Crippen LogP contribution in [0, 0.1) is 0 Å². The number of hydrogen-bond acceptors (Lipinski definition) is 9.